The fourth-order valence-corrected chi connectivity index (χ4v) is 2.54. The molecule has 1 heterocycles. The lowest BCUT2D eigenvalue weighted by atomic mass is 10.2. The third-order valence-electron chi connectivity index (χ3n) is 2.75. The van der Waals surface area contributed by atoms with Gasteiger partial charge in [-0.05, 0) is 42.6 Å². The standard InChI is InChI=1S/C15H17NO3S/c1-3-19-15(17)14(13-5-4-10-20-13)16-11-6-8-12(18-2)9-7-11/h4-10,14,16H,3H2,1-2H3/t14-/m0/s1. The highest BCUT2D eigenvalue weighted by atomic mass is 32.1. The minimum absolute atomic E-state index is 0.272. The van der Waals surface area contributed by atoms with Gasteiger partial charge in [-0.2, -0.15) is 0 Å². The van der Waals surface area contributed by atoms with Crippen LogP contribution in [0.25, 0.3) is 0 Å². The molecular weight excluding hydrogens is 274 g/mol. The Morgan fingerprint density at radius 2 is 2.05 bits per heavy atom. The van der Waals surface area contributed by atoms with Crippen molar-refractivity contribution in [3.05, 3.63) is 46.7 Å². The molecule has 106 valence electrons. The van der Waals surface area contributed by atoms with Crippen LogP contribution in [0, 0.1) is 0 Å². The molecule has 1 aromatic carbocycles. The number of rotatable bonds is 6. The van der Waals surface area contributed by atoms with Gasteiger partial charge in [-0.1, -0.05) is 6.07 Å². The van der Waals surface area contributed by atoms with Crippen LogP contribution in [0.2, 0.25) is 0 Å². The van der Waals surface area contributed by atoms with Gasteiger partial charge in [0.15, 0.2) is 6.04 Å². The molecule has 2 rings (SSSR count). The van der Waals surface area contributed by atoms with E-state index >= 15 is 0 Å². The fraction of sp³-hybridized carbons (Fsp3) is 0.267. The average molecular weight is 291 g/mol. The molecule has 0 spiro atoms. The van der Waals surface area contributed by atoms with Crippen molar-refractivity contribution in [1.29, 1.82) is 0 Å². The van der Waals surface area contributed by atoms with E-state index in [4.69, 9.17) is 9.47 Å². The molecule has 0 fully saturated rings. The third kappa shape index (κ3) is 3.51. The molecule has 0 aliphatic rings. The highest BCUT2D eigenvalue weighted by Crippen LogP contribution is 2.26. The van der Waals surface area contributed by atoms with Gasteiger partial charge in [0.2, 0.25) is 0 Å². The van der Waals surface area contributed by atoms with Crippen molar-refractivity contribution in [1.82, 2.24) is 0 Å². The van der Waals surface area contributed by atoms with Crippen LogP contribution in [0.4, 0.5) is 5.69 Å². The Morgan fingerprint density at radius 1 is 1.30 bits per heavy atom. The molecule has 0 amide bonds. The monoisotopic (exact) mass is 291 g/mol. The number of anilines is 1. The van der Waals surface area contributed by atoms with Crippen LogP contribution >= 0.6 is 11.3 Å². The fourth-order valence-electron chi connectivity index (χ4n) is 1.78. The zero-order valence-corrected chi connectivity index (χ0v) is 12.3. The van der Waals surface area contributed by atoms with Crippen LogP contribution < -0.4 is 10.1 Å². The molecular formula is C15H17NO3S. The summed E-state index contributed by atoms with van der Waals surface area (Å²) in [5.74, 6) is 0.505. The van der Waals surface area contributed by atoms with E-state index in [1.807, 2.05) is 41.8 Å². The van der Waals surface area contributed by atoms with Crippen molar-refractivity contribution in [2.45, 2.75) is 13.0 Å². The molecule has 0 aliphatic heterocycles. The molecule has 0 unspecified atom stereocenters. The molecule has 20 heavy (non-hydrogen) atoms. The number of benzene rings is 1. The quantitative estimate of drug-likeness (QED) is 0.828. The lowest BCUT2D eigenvalue weighted by Gasteiger charge is -2.17. The molecule has 0 saturated carbocycles. The second-order valence-corrected chi connectivity index (χ2v) is 5.05. The molecule has 2 aromatic rings. The van der Waals surface area contributed by atoms with Crippen molar-refractivity contribution in [3.63, 3.8) is 0 Å². The number of hydrogen-bond donors (Lipinski definition) is 1. The summed E-state index contributed by atoms with van der Waals surface area (Å²) >= 11 is 1.52. The molecule has 1 atom stereocenters. The summed E-state index contributed by atoms with van der Waals surface area (Å²) in [7, 11) is 1.62. The Balaban J connectivity index is 2.16. The van der Waals surface area contributed by atoms with E-state index < -0.39 is 6.04 Å². The Morgan fingerprint density at radius 3 is 2.60 bits per heavy atom. The zero-order valence-electron chi connectivity index (χ0n) is 11.5. The van der Waals surface area contributed by atoms with Gasteiger partial charge >= 0.3 is 5.97 Å². The summed E-state index contributed by atoms with van der Waals surface area (Å²) in [4.78, 5) is 13.0. The molecule has 0 radical (unpaired) electrons. The second-order valence-electron chi connectivity index (χ2n) is 4.07. The van der Waals surface area contributed by atoms with Gasteiger partial charge < -0.3 is 14.8 Å². The van der Waals surface area contributed by atoms with Crippen LogP contribution in [0.1, 0.15) is 17.8 Å². The predicted octanol–water partition coefficient (Wildman–Crippen LogP) is 3.47. The Labute approximate surface area is 122 Å². The smallest absolute Gasteiger partial charge is 0.334 e. The molecule has 4 nitrogen and oxygen atoms in total. The van der Waals surface area contributed by atoms with E-state index in [2.05, 4.69) is 5.32 Å². The summed E-state index contributed by atoms with van der Waals surface area (Å²) < 4.78 is 10.2. The first-order valence-corrected chi connectivity index (χ1v) is 7.23. The van der Waals surface area contributed by atoms with Crippen molar-refractivity contribution in [3.8, 4) is 5.75 Å². The van der Waals surface area contributed by atoms with Gasteiger partial charge in [0.05, 0.1) is 13.7 Å². The van der Waals surface area contributed by atoms with Crippen molar-refractivity contribution in [2.75, 3.05) is 19.0 Å². The molecule has 5 heteroatoms. The topological polar surface area (TPSA) is 47.6 Å². The predicted molar refractivity (Wildman–Crippen MR) is 80.3 cm³/mol. The number of nitrogens with one attached hydrogen (secondary N) is 1. The normalized spacial score (nSPS) is 11.7. The highest BCUT2D eigenvalue weighted by molar-refractivity contribution is 7.10. The highest BCUT2D eigenvalue weighted by Gasteiger charge is 2.22. The van der Waals surface area contributed by atoms with Gasteiger partial charge in [0, 0.05) is 10.6 Å². The van der Waals surface area contributed by atoms with Crippen LogP contribution in [0.5, 0.6) is 5.75 Å². The van der Waals surface area contributed by atoms with Crippen molar-refractivity contribution in [2.24, 2.45) is 0 Å². The zero-order chi connectivity index (χ0) is 14.4. The Hall–Kier alpha value is -2.01. The van der Waals surface area contributed by atoms with Gasteiger partial charge in [-0.3, -0.25) is 0 Å². The van der Waals surface area contributed by atoms with E-state index in [1.54, 1.807) is 14.0 Å². The molecule has 0 bridgehead atoms. The summed E-state index contributed by atoms with van der Waals surface area (Å²) in [5, 5.41) is 5.14. The average Bonchev–Trinajstić information content (AvgIpc) is 2.99. The van der Waals surface area contributed by atoms with E-state index in [9.17, 15) is 4.79 Å². The Kier molecular flexibility index (Phi) is 5.01. The van der Waals surface area contributed by atoms with Crippen molar-refractivity contribution >= 4 is 23.0 Å². The maximum Gasteiger partial charge on any atom is 0.334 e. The number of esters is 1. The summed E-state index contributed by atoms with van der Waals surface area (Å²) in [6.07, 6.45) is 0. The second kappa shape index (κ2) is 6.96. The molecule has 1 N–H and O–H groups in total. The van der Waals surface area contributed by atoms with E-state index in [-0.39, 0.29) is 5.97 Å². The van der Waals surface area contributed by atoms with Crippen LogP contribution in [-0.4, -0.2) is 19.7 Å². The lowest BCUT2D eigenvalue weighted by Crippen LogP contribution is -2.22. The first kappa shape index (κ1) is 14.4. The minimum Gasteiger partial charge on any atom is -0.497 e. The van der Waals surface area contributed by atoms with Gasteiger partial charge in [0.25, 0.3) is 0 Å². The number of carbonyl (C=O) groups is 1. The maximum atomic E-state index is 12.1. The molecule has 0 aliphatic carbocycles. The number of ether oxygens (including phenoxy) is 2. The molecule has 0 saturated heterocycles. The van der Waals surface area contributed by atoms with E-state index in [0.29, 0.717) is 6.61 Å². The molecule has 1 aromatic heterocycles. The lowest BCUT2D eigenvalue weighted by molar-refractivity contribution is -0.144. The van der Waals surface area contributed by atoms with Gasteiger partial charge in [0.1, 0.15) is 5.75 Å². The van der Waals surface area contributed by atoms with Crippen LogP contribution in [-0.2, 0) is 9.53 Å². The minimum atomic E-state index is -0.483. The summed E-state index contributed by atoms with van der Waals surface area (Å²) in [6.45, 7) is 2.17. The number of carbonyl (C=O) groups excluding carboxylic acids is 1. The first-order valence-electron chi connectivity index (χ1n) is 6.35. The number of hydrogen-bond acceptors (Lipinski definition) is 5. The van der Waals surface area contributed by atoms with Gasteiger partial charge in [-0.15, -0.1) is 11.3 Å². The summed E-state index contributed by atoms with van der Waals surface area (Å²) in [5.41, 5.74) is 0.845. The number of thiophene rings is 1. The SMILES string of the molecule is CCOC(=O)[C@@H](Nc1ccc(OC)cc1)c1cccs1. The maximum absolute atomic E-state index is 12.1. The van der Waals surface area contributed by atoms with Crippen LogP contribution in [0.15, 0.2) is 41.8 Å². The van der Waals surface area contributed by atoms with E-state index in [0.717, 1.165) is 16.3 Å². The first-order chi connectivity index (χ1) is 9.74. The van der Waals surface area contributed by atoms with Crippen LogP contribution in [0.3, 0.4) is 0 Å². The number of methoxy groups -OCH3 is 1. The van der Waals surface area contributed by atoms with Gasteiger partial charge in [-0.25, -0.2) is 4.79 Å². The van der Waals surface area contributed by atoms with Crippen molar-refractivity contribution < 1.29 is 14.3 Å². The Bertz CT molecular complexity index is 537. The van der Waals surface area contributed by atoms with E-state index in [1.165, 1.54) is 11.3 Å². The third-order valence-corrected chi connectivity index (χ3v) is 3.69. The summed E-state index contributed by atoms with van der Waals surface area (Å²) in [6, 6.07) is 10.8. The largest absolute Gasteiger partial charge is 0.497 e.